The van der Waals surface area contributed by atoms with Gasteiger partial charge in [-0.05, 0) is 81.4 Å². The fourth-order valence-electron chi connectivity index (χ4n) is 1.99. The molecular formula is C21H40O9S3. The lowest BCUT2D eigenvalue weighted by atomic mass is 10.2. The second-order valence-electron chi connectivity index (χ2n) is 10.3. The highest BCUT2D eigenvalue weighted by molar-refractivity contribution is 7.87. The van der Waals surface area contributed by atoms with Gasteiger partial charge in [-0.1, -0.05) is 17.7 Å². The maximum absolute atomic E-state index is 11.7. The van der Waals surface area contributed by atoms with Crippen molar-refractivity contribution in [3.63, 3.8) is 0 Å². The molecule has 33 heavy (non-hydrogen) atoms. The van der Waals surface area contributed by atoms with Gasteiger partial charge in [0.2, 0.25) is 0 Å². The molecule has 0 amide bonds. The number of rotatable bonds is 4. The standard InChI is InChI=1S/C11H16O3S.2C5H12O3S/c1-9-5-7-10(8-6-9)15(12,13)14-11(2,3)4;2*1-5(2,3)8-9(4,6)7/h5-8H,1-4H3;2*1-4H3. The third-order valence-electron chi connectivity index (χ3n) is 2.47. The van der Waals surface area contributed by atoms with Crippen LogP contribution in [0.2, 0.25) is 0 Å². The highest BCUT2D eigenvalue weighted by Gasteiger charge is 2.23. The quantitative estimate of drug-likeness (QED) is 0.528. The van der Waals surface area contributed by atoms with Crippen molar-refractivity contribution in [3.05, 3.63) is 29.8 Å². The van der Waals surface area contributed by atoms with Crippen LogP contribution in [0.25, 0.3) is 0 Å². The van der Waals surface area contributed by atoms with E-state index in [0.717, 1.165) is 18.1 Å². The molecule has 0 heterocycles. The molecule has 0 aliphatic rings. The minimum Gasteiger partial charge on any atom is -0.265 e. The largest absolute Gasteiger partial charge is 0.297 e. The molecule has 196 valence electrons. The number of aryl methyl sites for hydroxylation is 1. The van der Waals surface area contributed by atoms with Gasteiger partial charge in [-0.2, -0.15) is 25.3 Å². The number of hydrogen-bond acceptors (Lipinski definition) is 9. The maximum Gasteiger partial charge on any atom is 0.297 e. The second kappa shape index (κ2) is 12.1. The van der Waals surface area contributed by atoms with Crippen molar-refractivity contribution in [2.45, 2.75) is 90.9 Å². The van der Waals surface area contributed by atoms with E-state index in [0.29, 0.717) is 0 Å². The van der Waals surface area contributed by atoms with Crippen LogP contribution in [0.5, 0.6) is 0 Å². The van der Waals surface area contributed by atoms with Crippen LogP contribution in [0.4, 0.5) is 0 Å². The van der Waals surface area contributed by atoms with Gasteiger partial charge in [0.25, 0.3) is 30.4 Å². The van der Waals surface area contributed by atoms with Crippen LogP contribution in [-0.2, 0) is 42.9 Å². The Labute approximate surface area is 201 Å². The molecular weight excluding hydrogens is 492 g/mol. The van der Waals surface area contributed by atoms with Crippen LogP contribution >= 0.6 is 0 Å². The summed E-state index contributed by atoms with van der Waals surface area (Å²) in [6.45, 7) is 17.2. The third-order valence-corrected chi connectivity index (χ3v) is 5.65. The van der Waals surface area contributed by atoms with Crippen LogP contribution in [0.15, 0.2) is 29.2 Å². The van der Waals surface area contributed by atoms with E-state index in [1.807, 2.05) is 6.92 Å². The van der Waals surface area contributed by atoms with Gasteiger partial charge in [0.15, 0.2) is 0 Å². The van der Waals surface area contributed by atoms with Gasteiger partial charge in [0.1, 0.15) is 0 Å². The highest BCUT2D eigenvalue weighted by atomic mass is 32.2. The molecule has 0 aliphatic heterocycles. The molecule has 0 radical (unpaired) electrons. The topological polar surface area (TPSA) is 130 Å². The lowest BCUT2D eigenvalue weighted by molar-refractivity contribution is 0.139. The predicted molar refractivity (Wildman–Crippen MR) is 131 cm³/mol. The second-order valence-corrected chi connectivity index (χ2v) is 15.0. The van der Waals surface area contributed by atoms with E-state index >= 15 is 0 Å². The van der Waals surface area contributed by atoms with E-state index in [-0.39, 0.29) is 4.90 Å². The minimum absolute atomic E-state index is 0.197. The van der Waals surface area contributed by atoms with Crippen LogP contribution in [0.3, 0.4) is 0 Å². The van der Waals surface area contributed by atoms with Crippen molar-refractivity contribution in [2.24, 2.45) is 0 Å². The fourth-order valence-corrected chi connectivity index (χ4v) is 5.03. The Balaban J connectivity index is 0. The predicted octanol–water partition coefficient (Wildman–Crippen LogP) is 4.02. The van der Waals surface area contributed by atoms with Gasteiger partial charge < -0.3 is 0 Å². The Morgan fingerprint density at radius 1 is 0.545 bits per heavy atom. The van der Waals surface area contributed by atoms with E-state index in [2.05, 4.69) is 8.37 Å². The summed E-state index contributed by atoms with van der Waals surface area (Å²) in [6, 6.07) is 6.60. The summed E-state index contributed by atoms with van der Waals surface area (Å²) in [5, 5.41) is 0. The summed E-state index contributed by atoms with van der Waals surface area (Å²) in [6.07, 6.45) is 2.08. The smallest absolute Gasteiger partial charge is 0.265 e. The van der Waals surface area contributed by atoms with Crippen molar-refractivity contribution in [1.29, 1.82) is 0 Å². The molecule has 0 aliphatic carbocycles. The summed E-state index contributed by atoms with van der Waals surface area (Å²) < 4.78 is 79.4. The molecule has 1 rings (SSSR count). The zero-order chi connectivity index (χ0) is 27.1. The van der Waals surface area contributed by atoms with Crippen molar-refractivity contribution in [1.82, 2.24) is 0 Å². The fraction of sp³-hybridized carbons (Fsp3) is 0.714. The van der Waals surface area contributed by atoms with Gasteiger partial charge in [0, 0.05) is 0 Å². The molecule has 9 nitrogen and oxygen atoms in total. The van der Waals surface area contributed by atoms with E-state index in [4.69, 9.17) is 4.18 Å². The molecule has 0 bridgehead atoms. The molecule has 0 N–H and O–H groups in total. The van der Waals surface area contributed by atoms with Gasteiger partial charge in [-0.25, -0.2) is 0 Å². The summed E-state index contributed by atoms with van der Waals surface area (Å²) in [5.74, 6) is 0. The van der Waals surface area contributed by atoms with E-state index in [9.17, 15) is 25.3 Å². The van der Waals surface area contributed by atoms with Crippen LogP contribution in [0, 0.1) is 6.92 Å². The summed E-state index contributed by atoms with van der Waals surface area (Å²) in [7, 11) is -10.2. The normalized spacial score (nSPS) is 13.3. The molecule has 0 saturated carbocycles. The molecule has 1 aromatic rings. The first-order valence-corrected chi connectivity index (χ1v) is 15.0. The van der Waals surface area contributed by atoms with Crippen LogP contribution in [0.1, 0.15) is 67.9 Å². The van der Waals surface area contributed by atoms with E-state index < -0.39 is 47.2 Å². The molecule has 1 aromatic carbocycles. The SMILES string of the molecule is CC(C)(C)OS(C)(=O)=O.CC(C)(C)OS(C)(=O)=O.Cc1ccc(S(=O)(=O)OC(C)(C)C)cc1. The molecule has 0 spiro atoms. The zero-order valence-electron chi connectivity index (χ0n) is 21.7. The highest BCUT2D eigenvalue weighted by Crippen LogP contribution is 2.19. The Kier molecular flexibility index (Phi) is 12.5. The van der Waals surface area contributed by atoms with Crippen molar-refractivity contribution in [2.75, 3.05) is 12.5 Å². The molecule has 0 unspecified atom stereocenters. The lowest BCUT2D eigenvalue weighted by Crippen LogP contribution is -2.24. The summed E-state index contributed by atoms with van der Waals surface area (Å²) in [4.78, 5) is 0.197. The molecule has 12 heteroatoms. The first kappa shape index (κ1) is 34.1. The molecule has 0 atom stereocenters. The van der Waals surface area contributed by atoms with E-state index in [1.54, 1.807) is 86.6 Å². The van der Waals surface area contributed by atoms with E-state index in [1.165, 1.54) is 0 Å². The molecule has 0 fully saturated rings. The first-order chi connectivity index (χ1) is 14.1. The van der Waals surface area contributed by atoms with Crippen LogP contribution in [-0.4, -0.2) is 54.6 Å². The van der Waals surface area contributed by atoms with Crippen molar-refractivity contribution in [3.8, 4) is 0 Å². The van der Waals surface area contributed by atoms with Crippen molar-refractivity contribution >= 4 is 30.4 Å². The average Bonchev–Trinajstić information content (AvgIpc) is 2.37. The Morgan fingerprint density at radius 2 is 0.818 bits per heavy atom. The summed E-state index contributed by atoms with van der Waals surface area (Å²) in [5.41, 5.74) is -0.894. The van der Waals surface area contributed by atoms with Gasteiger partial charge in [0.05, 0.1) is 34.2 Å². The van der Waals surface area contributed by atoms with Gasteiger partial charge in [-0.15, -0.1) is 0 Å². The molecule has 0 aromatic heterocycles. The summed E-state index contributed by atoms with van der Waals surface area (Å²) >= 11 is 0. The Morgan fingerprint density at radius 3 is 1.00 bits per heavy atom. The van der Waals surface area contributed by atoms with Crippen LogP contribution < -0.4 is 0 Å². The Hall–Kier alpha value is -1.05. The Bertz CT molecular complexity index is 990. The average molecular weight is 533 g/mol. The third kappa shape index (κ3) is 23.9. The van der Waals surface area contributed by atoms with Gasteiger partial charge in [-0.3, -0.25) is 12.5 Å². The van der Waals surface area contributed by atoms with Crippen molar-refractivity contribution < 1.29 is 37.8 Å². The molecule has 0 saturated heterocycles. The monoisotopic (exact) mass is 532 g/mol. The maximum atomic E-state index is 11.7. The lowest BCUT2D eigenvalue weighted by Gasteiger charge is -2.18. The zero-order valence-corrected chi connectivity index (χ0v) is 24.2. The number of hydrogen-bond donors (Lipinski definition) is 0. The number of benzene rings is 1. The first-order valence-electron chi connectivity index (χ1n) is 9.95. The van der Waals surface area contributed by atoms with Gasteiger partial charge >= 0.3 is 0 Å². The minimum atomic E-state index is -3.63.